The summed E-state index contributed by atoms with van der Waals surface area (Å²) in [4.78, 5) is 9.04. The summed E-state index contributed by atoms with van der Waals surface area (Å²) in [5.74, 6) is 0.389. The van der Waals surface area contributed by atoms with Gasteiger partial charge in [0.05, 0.1) is 11.2 Å². The number of hydrogen-bond acceptors (Lipinski definition) is 2. The molecule has 0 saturated carbocycles. The quantitative estimate of drug-likeness (QED) is 0.671. The molecule has 0 atom stereocenters. The fourth-order valence-corrected chi connectivity index (χ4v) is 2.32. The molecule has 2 nitrogen and oxygen atoms in total. The van der Waals surface area contributed by atoms with Crippen LogP contribution in [0.25, 0.3) is 22.0 Å². The van der Waals surface area contributed by atoms with Crippen molar-refractivity contribution in [1.82, 2.24) is 9.97 Å². The van der Waals surface area contributed by atoms with E-state index in [9.17, 15) is 0 Å². The smallest absolute Gasteiger partial charge is 0.0705 e. The fraction of sp³-hybridized carbons (Fsp3) is 0.176. The van der Waals surface area contributed by atoms with Gasteiger partial charge in [0.1, 0.15) is 0 Å². The minimum atomic E-state index is 0.389. The Morgan fingerprint density at radius 3 is 2.58 bits per heavy atom. The normalized spacial score (nSPS) is 11.1. The van der Waals surface area contributed by atoms with Crippen LogP contribution in [0.15, 0.2) is 54.9 Å². The number of fused-ring (bicyclic) bond motifs is 1. The lowest BCUT2D eigenvalue weighted by atomic mass is 9.97. The number of rotatable bonds is 2. The van der Waals surface area contributed by atoms with Gasteiger partial charge in [0.2, 0.25) is 0 Å². The summed E-state index contributed by atoms with van der Waals surface area (Å²) in [6.07, 6.45) is 3.70. The summed E-state index contributed by atoms with van der Waals surface area (Å²) in [5, 5.41) is 1.17. The molecule has 2 heterocycles. The molecular formula is C17H16N2. The van der Waals surface area contributed by atoms with Gasteiger partial charge < -0.3 is 0 Å². The van der Waals surface area contributed by atoms with E-state index >= 15 is 0 Å². The van der Waals surface area contributed by atoms with Crippen molar-refractivity contribution in [3.05, 3.63) is 60.6 Å². The van der Waals surface area contributed by atoms with Crippen LogP contribution in [0.2, 0.25) is 0 Å². The second-order valence-electron chi connectivity index (χ2n) is 5.01. The molecule has 0 aliphatic carbocycles. The summed E-state index contributed by atoms with van der Waals surface area (Å²) in [7, 11) is 0. The van der Waals surface area contributed by atoms with Crippen molar-refractivity contribution in [3.63, 3.8) is 0 Å². The Morgan fingerprint density at radius 1 is 1.00 bits per heavy atom. The van der Waals surface area contributed by atoms with E-state index in [4.69, 9.17) is 4.98 Å². The van der Waals surface area contributed by atoms with E-state index in [1.807, 2.05) is 24.4 Å². The van der Waals surface area contributed by atoms with Gasteiger partial charge in [-0.3, -0.25) is 9.97 Å². The Labute approximate surface area is 113 Å². The van der Waals surface area contributed by atoms with Gasteiger partial charge in [0.25, 0.3) is 0 Å². The Bertz CT molecular complexity index is 703. The third-order valence-corrected chi connectivity index (χ3v) is 3.27. The summed E-state index contributed by atoms with van der Waals surface area (Å²) < 4.78 is 0. The Kier molecular flexibility index (Phi) is 3.00. The third-order valence-electron chi connectivity index (χ3n) is 3.27. The van der Waals surface area contributed by atoms with E-state index in [2.05, 4.69) is 43.1 Å². The number of benzene rings is 1. The van der Waals surface area contributed by atoms with E-state index < -0.39 is 0 Å². The van der Waals surface area contributed by atoms with Gasteiger partial charge in [-0.05, 0) is 24.1 Å². The molecule has 0 aliphatic rings. The predicted molar refractivity (Wildman–Crippen MR) is 79.1 cm³/mol. The Morgan fingerprint density at radius 2 is 1.84 bits per heavy atom. The van der Waals surface area contributed by atoms with Crippen LogP contribution in [0.1, 0.15) is 25.5 Å². The van der Waals surface area contributed by atoms with Crippen molar-refractivity contribution < 1.29 is 0 Å². The zero-order valence-electron chi connectivity index (χ0n) is 11.2. The van der Waals surface area contributed by atoms with Crippen LogP contribution in [0, 0.1) is 0 Å². The molecular weight excluding hydrogens is 232 g/mol. The molecule has 3 rings (SSSR count). The van der Waals surface area contributed by atoms with E-state index in [1.165, 1.54) is 10.9 Å². The number of nitrogens with zero attached hydrogens (tertiary/aromatic N) is 2. The standard InChI is InChI=1S/C17H16N2/c1-12(2)17-15(14-7-5-9-18-11-14)10-13-6-3-4-8-16(13)19-17/h3-12H,1-2H3. The Balaban J connectivity index is 2.30. The van der Waals surface area contributed by atoms with Crippen LogP contribution in [0.3, 0.4) is 0 Å². The summed E-state index contributed by atoms with van der Waals surface area (Å²) in [6.45, 7) is 4.36. The van der Waals surface area contributed by atoms with Crippen molar-refractivity contribution in [1.29, 1.82) is 0 Å². The molecule has 0 saturated heterocycles. The van der Waals surface area contributed by atoms with Crippen LogP contribution >= 0.6 is 0 Å². The third kappa shape index (κ3) is 2.22. The van der Waals surface area contributed by atoms with Crippen molar-refractivity contribution in [2.45, 2.75) is 19.8 Å². The molecule has 19 heavy (non-hydrogen) atoms. The highest BCUT2D eigenvalue weighted by Gasteiger charge is 2.12. The number of para-hydroxylation sites is 1. The lowest BCUT2D eigenvalue weighted by molar-refractivity contribution is 0.832. The molecule has 0 aliphatic heterocycles. The largest absolute Gasteiger partial charge is 0.264 e. The van der Waals surface area contributed by atoms with Crippen molar-refractivity contribution in [2.75, 3.05) is 0 Å². The molecule has 0 radical (unpaired) electrons. The molecule has 1 aromatic carbocycles. The molecule has 0 fully saturated rings. The molecule has 94 valence electrons. The van der Waals surface area contributed by atoms with Crippen LogP contribution in [0.4, 0.5) is 0 Å². The number of pyridine rings is 2. The second-order valence-corrected chi connectivity index (χ2v) is 5.01. The van der Waals surface area contributed by atoms with Crippen LogP contribution in [-0.4, -0.2) is 9.97 Å². The topological polar surface area (TPSA) is 25.8 Å². The van der Waals surface area contributed by atoms with Gasteiger partial charge >= 0.3 is 0 Å². The fourth-order valence-electron chi connectivity index (χ4n) is 2.32. The zero-order chi connectivity index (χ0) is 13.2. The minimum absolute atomic E-state index is 0.389. The maximum Gasteiger partial charge on any atom is 0.0705 e. The van der Waals surface area contributed by atoms with Crippen LogP contribution in [0.5, 0.6) is 0 Å². The molecule has 0 bridgehead atoms. The SMILES string of the molecule is CC(C)c1nc2ccccc2cc1-c1cccnc1. The van der Waals surface area contributed by atoms with Gasteiger partial charge in [0, 0.05) is 28.9 Å². The monoisotopic (exact) mass is 248 g/mol. The minimum Gasteiger partial charge on any atom is -0.264 e. The molecule has 3 aromatic rings. The number of aromatic nitrogens is 2. The molecule has 2 aromatic heterocycles. The number of hydrogen-bond donors (Lipinski definition) is 0. The lowest BCUT2D eigenvalue weighted by Crippen LogP contribution is -1.97. The van der Waals surface area contributed by atoms with E-state index in [0.717, 1.165) is 16.8 Å². The average molecular weight is 248 g/mol. The highest BCUT2D eigenvalue weighted by atomic mass is 14.7. The van der Waals surface area contributed by atoms with Crippen molar-refractivity contribution in [3.8, 4) is 11.1 Å². The molecule has 0 spiro atoms. The molecule has 0 amide bonds. The maximum atomic E-state index is 4.82. The van der Waals surface area contributed by atoms with E-state index in [1.54, 1.807) is 6.20 Å². The van der Waals surface area contributed by atoms with Gasteiger partial charge in [-0.25, -0.2) is 0 Å². The zero-order valence-corrected chi connectivity index (χ0v) is 11.2. The van der Waals surface area contributed by atoms with Crippen LogP contribution < -0.4 is 0 Å². The van der Waals surface area contributed by atoms with Gasteiger partial charge in [-0.2, -0.15) is 0 Å². The lowest BCUT2D eigenvalue weighted by Gasteiger charge is -2.13. The maximum absolute atomic E-state index is 4.82. The molecule has 0 unspecified atom stereocenters. The average Bonchev–Trinajstić information content (AvgIpc) is 2.46. The van der Waals surface area contributed by atoms with Gasteiger partial charge in [-0.1, -0.05) is 38.1 Å². The first-order chi connectivity index (χ1) is 9.25. The summed E-state index contributed by atoms with van der Waals surface area (Å²) in [6, 6.07) is 14.5. The first-order valence-corrected chi connectivity index (χ1v) is 6.56. The van der Waals surface area contributed by atoms with Crippen molar-refractivity contribution >= 4 is 10.9 Å². The van der Waals surface area contributed by atoms with Crippen LogP contribution in [-0.2, 0) is 0 Å². The van der Waals surface area contributed by atoms with Gasteiger partial charge in [0.15, 0.2) is 0 Å². The van der Waals surface area contributed by atoms with E-state index in [-0.39, 0.29) is 0 Å². The first kappa shape index (κ1) is 11.8. The summed E-state index contributed by atoms with van der Waals surface area (Å²) >= 11 is 0. The van der Waals surface area contributed by atoms with Crippen molar-refractivity contribution in [2.24, 2.45) is 0 Å². The highest BCUT2D eigenvalue weighted by Crippen LogP contribution is 2.30. The first-order valence-electron chi connectivity index (χ1n) is 6.56. The second kappa shape index (κ2) is 4.81. The molecule has 2 heteroatoms. The Hall–Kier alpha value is -2.22. The van der Waals surface area contributed by atoms with Gasteiger partial charge in [-0.15, -0.1) is 0 Å². The van der Waals surface area contributed by atoms with E-state index in [0.29, 0.717) is 5.92 Å². The summed E-state index contributed by atoms with van der Waals surface area (Å²) in [5.41, 5.74) is 4.50. The highest BCUT2D eigenvalue weighted by molar-refractivity contribution is 5.85. The molecule has 0 N–H and O–H groups in total. The predicted octanol–water partition coefficient (Wildman–Crippen LogP) is 4.42.